The summed E-state index contributed by atoms with van der Waals surface area (Å²) < 4.78 is 37.4. The Morgan fingerprint density at radius 2 is 2.12 bits per heavy atom. The Morgan fingerprint density at radius 3 is 2.59 bits per heavy atom. The molecule has 0 spiro atoms. The monoisotopic (exact) mass is 248 g/mol. The second kappa shape index (κ2) is 5.03. The summed E-state index contributed by atoms with van der Waals surface area (Å²) >= 11 is 0. The molecule has 94 valence electrons. The van der Waals surface area contributed by atoms with Crippen molar-refractivity contribution in [3.63, 3.8) is 0 Å². The predicted octanol–water partition coefficient (Wildman–Crippen LogP) is 2.62. The SMILES string of the molecule is CCCNc1cc(C(=O)O)cc(C(F)(F)F)n1. The van der Waals surface area contributed by atoms with E-state index in [1.54, 1.807) is 0 Å². The van der Waals surface area contributed by atoms with Crippen molar-refractivity contribution >= 4 is 11.8 Å². The van der Waals surface area contributed by atoms with E-state index in [2.05, 4.69) is 10.3 Å². The molecule has 0 unspecified atom stereocenters. The van der Waals surface area contributed by atoms with Crippen molar-refractivity contribution in [1.82, 2.24) is 4.98 Å². The average Bonchev–Trinajstić information content (AvgIpc) is 2.24. The average molecular weight is 248 g/mol. The van der Waals surface area contributed by atoms with Crippen LogP contribution in [0, 0.1) is 0 Å². The van der Waals surface area contributed by atoms with Gasteiger partial charge in [-0.2, -0.15) is 13.2 Å². The van der Waals surface area contributed by atoms with Crippen LogP contribution in [0.2, 0.25) is 0 Å². The first-order valence-electron chi connectivity index (χ1n) is 4.91. The fourth-order valence-electron chi connectivity index (χ4n) is 1.14. The third-order valence-electron chi connectivity index (χ3n) is 1.92. The summed E-state index contributed by atoms with van der Waals surface area (Å²) in [5.74, 6) is -1.50. The highest BCUT2D eigenvalue weighted by atomic mass is 19.4. The van der Waals surface area contributed by atoms with Gasteiger partial charge in [0.15, 0.2) is 0 Å². The van der Waals surface area contributed by atoms with Crippen molar-refractivity contribution in [2.45, 2.75) is 19.5 Å². The number of nitrogens with one attached hydrogen (secondary N) is 1. The molecule has 0 aromatic carbocycles. The molecule has 0 aliphatic carbocycles. The summed E-state index contributed by atoms with van der Waals surface area (Å²) in [7, 11) is 0. The minimum atomic E-state index is -4.66. The minimum Gasteiger partial charge on any atom is -0.478 e. The number of halogens is 3. The Hall–Kier alpha value is -1.79. The highest BCUT2D eigenvalue weighted by Gasteiger charge is 2.33. The summed E-state index contributed by atoms with van der Waals surface area (Å²) in [6.45, 7) is 2.26. The van der Waals surface area contributed by atoms with Crippen LogP contribution in [0.4, 0.5) is 19.0 Å². The molecule has 0 saturated carbocycles. The number of carboxylic acids is 1. The van der Waals surface area contributed by atoms with Crippen molar-refractivity contribution in [2.75, 3.05) is 11.9 Å². The van der Waals surface area contributed by atoms with Crippen molar-refractivity contribution < 1.29 is 23.1 Å². The molecule has 0 fully saturated rings. The Labute approximate surface area is 95.5 Å². The zero-order valence-electron chi connectivity index (χ0n) is 9.01. The molecule has 0 atom stereocenters. The highest BCUT2D eigenvalue weighted by molar-refractivity contribution is 5.88. The van der Waals surface area contributed by atoms with Gasteiger partial charge in [-0.25, -0.2) is 9.78 Å². The number of anilines is 1. The molecule has 0 amide bonds. The molecule has 0 aliphatic rings. The Balaban J connectivity index is 3.14. The molecule has 4 nitrogen and oxygen atoms in total. The molecular weight excluding hydrogens is 237 g/mol. The molecule has 0 radical (unpaired) electrons. The van der Waals surface area contributed by atoms with Gasteiger partial charge < -0.3 is 10.4 Å². The van der Waals surface area contributed by atoms with Crippen LogP contribution in [0.25, 0.3) is 0 Å². The van der Waals surface area contributed by atoms with Crippen LogP contribution in [-0.2, 0) is 6.18 Å². The number of alkyl halides is 3. The summed E-state index contributed by atoms with van der Waals surface area (Å²) in [5.41, 5.74) is -1.65. The van der Waals surface area contributed by atoms with Crippen LogP contribution in [0.3, 0.4) is 0 Å². The molecule has 0 saturated heterocycles. The molecule has 17 heavy (non-hydrogen) atoms. The molecule has 2 N–H and O–H groups in total. The van der Waals surface area contributed by atoms with Crippen molar-refractivity contribution in [3.8, 4) is 0 Å². The van der Waals surface area contributed by atoms with E-state index < -0.39 is 23.4 Å². The van der Waals surface area contributed by atoms with Gasteiger partial charge >= 0.3 is 12.1 Å². The standard InChI is InChI=1S/C10H11F3N2O2/c1-2-3-14-8-5-6(9(16)17)4-7(15-8)10(11,12)13/h4-5H,2-3H2,1H3,(H,14,15)(H,16,17). The zero-order valence-corrected chi connectivity index (χ0v) is 9.01. The van der Waals surface area contributed by atoms with Crippen molar-refractivity contribution in [3.05, 3.63) is 23.4 Å². The Kier molecular flexibility index (Phi) is 3.93. The zero-order chi connectivity index (χ0) is 13.1. The first-order valence-corrected chi connectivity index (χ1v) is 4.91. The predicted molar refractivity (Wildman–Crippen MR) is 55.0 cm³/mol. The van der Waals surface area contributed by atoms with Gasteiger partial charge in [0.05, 0.1) is 5.56 Å². The van der Waals surface area contributed by atoms with E-state index in [0.717, 1.165) is 6.07 Å². The number of nitrogens with zero attached hydrogens (tertiary/aromatic N) is 1. The van der Waals surface area contributed by atoms with Gasteiger partial charge in [-0.15, -0.1) is 0 Å². The summed E-state index contributed by atoms with van der Waals surface area (Å²) in [5, 5.41) is 11.3. The number of rotatable bonds is 4. The van der Waals surface area contributed by atoms with Crippen LogP contribution in [0.1, 0.15) is 29.4 Å². The topological polar surface area (TPSA) is 62.2 Å². The van der Waals surface area contributed by atoms with Crippen LogP contribution in [0.5, 0.6) is 0 Å². The minimum absolute atomic E-state index is 0.0842. The van der Waals surface area contributed by atoms with Crippen molar-refractivity contribution in [1.29, 1.82) is 0 Å². The van der Waals surface area contributed by atoms with E-state index in [4.69, 9.17) is 5.11 Å². The highest BCUT2D eigenvalue weighted by Crippen LogP contribution is 2.29. The van der Waals surface area contributed by atoms with E-state index in [9.17, 15) is 18.0 Å². The quantitative estimate of drug-likeness (QED) is 0.859. The number of aromatic carboxylic acids is 1. The molecule has 1 heterocycles. The first-order chi connectivity index (χ1) is 7.84. The Morgan fingerprint density at radius 1 is 1.47 bits per heavy atom. The van der Waals surface area contributed by atoms with Gasteiger partial charge in [0.25, 0.3) is 0 Å². The molecule has 7 heteroatoms. The second-order valence-corrected chi connectivity index (χ2v) is 3.36. The van der Waals surface area contributed by atoms with Gasteiger partial charge in [-0.1, -0.05) is 6.92 Å². The van der Waals surface area contributed by atoms with Crippen LogP contribution < -0.4 is 5.32 Å². The van der Waals surface area contributed by atoms with E-state index >= 15 is 0 Å². The van der Waals surface area contributed by atoms with Gasteiger partial charge in [-0.05, 0) is 18.6 Å². The first kappa shape index (κ1) is 13.3. The normalized spacial score (nSPS) is 11.3. The van der Waals surface area contributed by atoms with Crippen LogP contribution >= 0.6 is 0 Å². The maximum atomic E-state index is 12.5. The number of carboxylic acid groups (broad SMARTS) is 1. The van der Waals surface area contributed by atoms with Gasteiger partial charge in [0.1, 0.15) is 11.5 Å². The number of pyridine rings is 1. The van der Waals surface area contributed by atoms with Crippen LogP contribution in [0.15, 0.2) is 12.1 Å². The third kappa shape index (κ3) is 3.61. The maximum Gasteiger partial charge on any atom is 0.433 e. The summed E-state index contributed by atoms with van der Waals surface area (Å²) in [4.78, 5) is 14.0. The summed E-state index contributed by atoms with van der Waals surface area (Å²) in [6.07, 6.45) is -3.96. The van der Waals surface area contributed by atoms with E-state index in [-0.39, 0.29) is 5.82 Å². The fourth-order valence-corrected chi connectivity index (χ4v) is 1.14. The largest absolute Gasteiger partial charge is 0.478 e. The molecule has 1 aromatic heterocycles. The molecule has 0 bridgehead atoms. The third-order valence-corrected chi connectivity index (χ3v) is 1.92. The number of hydrogen-bond acceptors (Lipinski definition) is 3. The van der Waals surface area contributed by atoms with Gasteiger partial charge in [0, 0.05) is 6.54 Å². The molecule has 1 rings (SSSR count). The lowest BCUT2D eigenvalue weighted by Crippen LogP contribution is -2.13. The van der Waals surface area contributed by atoms with Crippen LogP contribution in [-0.4, -0.2) is 22.6 Å². The number of aromatic nitrogens is 1. The second-order valence-electron chi connectivity index (χ2n) is 3.36. The fraction of sp³-hybridized carbons (Fsp3) is 0.400. The maximum absolute atomic E-state index is 12.5. The van der Waals surface area contributed by atoms with Gasteiger partial charge in [0.2, 0.25) is 0 Å². The van der Waals surface area contributed by atoms with Crippen molar-refractivity contribution in [2.24, 2.45) is 0 Å². The molecule has 1 aromatic rings. The number of carbonyl (C=O) groups is 1. The molecular formula is C10H11F3N2O2. The Bertz CT molecular complexity index is 419. The lowest BCUT2D eigenvalue weighted by atomic mass is 10.2. The van der Waals surface area contributed by atoms with E-state index in [0.29, 0.717) is 19.0 Å². The van der Waals surface area contributed by atoms with E-state index in [1.807, 2.05) is 6.92 Å². The lowest BCUT2D eigenvalue weighted by molar-refractivity contribution is -0.141. The smallest absolute Gasteiger partial charge is 0.433 e. The lowest BCUT2D eigenvalue weighted by Gasteiger charge is -2.10. The van der Waals surface area contributed by atoms with Gasteiger partial charge in [-0.3, -0.25) is 0 Å². The van der Waals surface area contributed by atoms with E-state index in [1.165, 1.54) is 0 Å². The molecule has 0 aliphatic heterocycles. The number of hydrogen-bond donors (Lipinski definition) is 2. The summed E-state index contributed by atoms with van der Waals surface area (Å²) in [6, 6.07) is 1.59.